The van der Waals surface area contributed by atoms with Crippen molar-refractivity contribution in [3.05, 3.63) is 93.8 Å². The van der Waals surface area contributed by atoms with Gasteiger partial charge in [-0.05, 0) is 112 Å². The van der Waals surface area contributed by atoms with Gasteiger partial charge in [0.05, 0.1) is 11.4 Å². The van der Waals surface area contributed by atoms with Crippen LogP contribution in [0.5, 0.6) is 0 Å². The molecule has 41 heavy (non-hydrogen) atoms. The van der Waals surface area contributed by atoms with Gasteiger partial charge in [-0.2, -0.15) is 0 Å². The van der Waals surface area contributed by atoms with E-state index in [9.17, 15) is 4.79 Å². The molecule has 0 N–H and O–H groups in total. The quantitative estimate of drug-likeness (QED) is 0.240. The molecule has 0 spiro atoms. The number of Topliss-reactive ketones (excluding diaryl/α,β-unsaturated/α-hetero) is 1. The maximum absolute atomic E-state index is 12.6. The predicted octanol–water partition coefficient (Wildman–Crippen LogP) is 8.66. The Morgan fingerprint density at radius 3 is 2.54 bits per heavy atom. The summed E-state index contributed by atoms with van der Waals surface area (Å²) >= 11 is 0. The van der Waals surface area contributed by atoms with Crippen molar-refractivity contribution in [3.8, 4) is 0 Å². The first-order valence-corrected chi connectivity index (χ1v) is 16.1. The van der Waals surface area contributed by atoms with E-state index in [1.807, 2.05) is 6.20 Å². The summed E-state index contributed by atoms with van der Waals surface area (Å²) in [6.45, 7) is 4.20. The second kappa shape index (κ2) is 14.7. The number of rotatable bonds is 11. The molecule has 0 aliphatic heterocycles. The first-order chi connectivity index (χ1) is 20.1. The first kappa shape index (κ1) is 29.4. The molecule has 4 heteroatoms. The number of carbonyl (C=O) groups is 1. The number of hydrogen-bond donors (Lipinski definition) is 0. The molecule has 1 fully saturated rings. The lowest BCUT2D eigenvalue weighted by atomic mass is 9.80. The zero-order valence-corrected chi connectivity index (χ0v) is 25.2. The smallest absolute Gasteiger partial charge is 0.132 e. The van der Waals surface area contributed by atoms with Crippen LogP contribution in [0.25, 0.3) is 6.08 Å². The fourth-order valence-electron chi connectivity index (χ4n) is 7.04. The van der Waals surface area contributed by atoms with Gasteiger partial charge in [0.25, 0.3) is 0 Å². The second-order valence-corrected chi connectivity index (χ2v) is 12.4. The summed E-state index contributed by atoms with van der Waals surface area (Å²) in [5.74, 6) is 1.78. The third-order valence-electron chi connectivity index (χ3n) is 9.42. The minimum absolute atomic E-state index is 0.397. The highest BCUT2D eigenvalue weighted by atomic mass is 16.1. The lowest BCUT2D eigenvalue weighted by Crippen LogP contribution is -2.14. The lowest BCUT2D eigenvalue weighted by Gasteiger charge is -2.26. The van der Waals surface area contributed by atoms with Crippen molar-refractivity contribution >= 4 is 11.9 Å². The number of fused-ring (bicyclic) bond motifs is 1. The molecule has 4 nitrogen and oxygen atoms in total. The Morgan fingerprint density at radius 2 is 1.73 bits per heavy atom. The molecule has 0 unspecified atom stereocenters. The molecule has 0 radical (unpaired) electrons. The van der Waals surface area contributed by atoms with Crippen LogP contribution in [0, 0.1) is 19.8 Å². The van der Waals surface area contributed by atoms with Gasteiger partial charge >= 0.3 is 0 Å². The van der Waals surface area contributed by atoms with E-state index < -0.39 is 0 Å². The van der Waals surface area contributed by atoms with Gasteiger partial charge in [-0.25, -0.2) is 9.97 Å². The summed E-state index contributed by atoms with van der Waals surface area (Å²) in [6, 6.07) is 11.3. The van der Waals surface area contributed by atoms with Crippen molar-refractivity contribution in [1.29, 1.82) is 0 Å². The molecule has 0 atom stereocenters. The summed E-state index contributed by atoms with van der Waals surface area (Å²) in [4.78, 5) is 26.2. The summed E-state index contributed by atoms with van der Waals surface area (Å²) in [6.07, 6.45) is 24.3. The largest absolute Gasteiger partial charge is 0.300 e. The van der Waals surface area contributed by atoms with E-state index in [-0.39, 0.29) is 0 Å². The van der Waals surface area contributed by atoms with Crippen molar-refractivity contribution in [2.24, 2.45) is 5.92 Å². The number of hydrogen-bond acceptors (Lipinski definition) is 4. The fraction of sp³-hybridized carbons (Fsp3) is 0.514. The highest BCUT2D eigenvalue weighted by Crippen LogP contribution is 2.35. The van der Waals surface area contributed by atoms with Gasteiger partial charge < -0.3 is 0 Å². The first-order valence-electron chi connectivity index (χ1n) is 16.1. The van der Waals surface area contributed by atoms with Crippen LogP contribution >= 0.6 is 0 Å². The van der Waals surface area contributed by atoms with E-state index in [1.54, 1.807) is 6.33 Å². The second-order valence-electron chi connectivity index (χ2n) is 12.4. The van der Waals surface area contributed by atoms with E-state index in [1.165, 1.54) is 77.7 Å². The number of allylic oxidation sites excluding steroid dienone is 1. The Balaban J connectivity index is 1.05. The molecule has 2 heterocycles. The van der Waals surface area contributed by atoms with E-state index in [2.05, 4.69) is 66.3 Å². The number of aryl methyl sites for hydroxylation is 4. The molecule has 1 saturated carbocycles. The van der Waals surface area contributed by atoms with Crippen LogP contribution in [0.2, 0.25) is 0 Å². The van der Waals surface area contributed by atoms with Crippen LogP contribution in [0.4, 0.5) is 0 Å². The summed E-state index contributed by atoms with van der Waals surface area (Å²) in [7, 11) is 0. The van der Waals surface area contributed by atoms with Gasteiger partial charge in [0, 0.05) is 30.3 Å². The Morgan fingerprint density at radius 1 is 0.927 bits per heavy atom. The van der Waals surface area contributed by atoms with Crippen LogP contribution in [0.1, 0.15) is 121 Å². The molecule has 2 aliphatic rings. The number of pyridine rings is 1. The van der Waals surface area contributed by atoms with E-state index >= 15 is 0 Å². The predicted molar refractivity (Wildman–Crippen MR) is 168 cm³/mol. The molecule has 0 bridgehead atoms. The highest BCUT2D eigenvalue weighted by Gasteiger charge is 2.21. The molecule has 216 valence electrons. The number of nitrogens with zero attached hydrogens (tertiary/aromatic N) is 3. The van der Waals surface area contributed by atoms with Gasteiger partial charge in [-0.1, -0.05) is 62.1 Å². The van der Waals surface area contributed by atoms with Crippen molar-refractivity contribution in [2.45, 2.75) is 116 Å². The average Bonchev–Trinajstić information content (AvgIpc) is 2.96. The summed E-state index contributed by atoms with van der Waals surface area (Å²) < 4.78 is 0. The Kier molecular flexibility index (Phi) is 10.5. The molecule has 0 amide bonds. The van der Waals surface area contributed by atoms with Gasteiger partial charge in [-0.15, -0.1) is 0 Å². The lowest BCUT2D eigenvalue weighted by molar-refractivity contribution is -0.119. The van der Waals surface area contributed by atoms with Crippen LogP contribution in [0.15, 0.2) is 48.9 Å². The van der Waals surface area contributed by atoms with Gasteiger partial charge in [0.15, 0.2) is 0 Å². The van der Waals surface area contributed by atoms with Gasteiger partial charge in [0.1, 0.15) is 12.1 Å². The maximum Gasteiger partial charge on any atom is 0.132 e. The Labute approximate surface area is 247 Å². The van der Waals surface area contributed by atoms with Gasteiger partial charge in [-0.3, -0.25) is 9.78 Å². The molecule has 3 aromatic rings. The van der Waals surface area contributed by atoms with Crippen molar-refractivity contribution < 1.29 is 4.79 Å². The molecule has 2 aromatic heterocycles. The van der Waals surface area contributed by atoms with E-state index in [0.29, 0.717) is 24.5 Å². The normalized spacial score (nSPS) is 18.9. The van der Waals surface area contributed by atoms with E-state index in [0.717, 1.165) is 56.6 Å². The SMILES string of the molecule is Cc1ccnc(C)c1CCCC(=O)CCCc1cccc(C2CCCC(Cc3ncnc4c3C=CCC4)CCC2)c1. The Hall–Kier alpha value is -3.14. The van der Waals surface area contributed by atoms with E-state index in [4.69, 9.17) is 4.98 Å². The minimum atomic E-state index is 0.397. The summed E-state index contributed by atoms with van der Waals surface area (Å²) in [5, 5.41) is 0. The van der Waals surface area contributed by atoms with Crippen LogP contribution in [0.3, 0.4) is 0 Å². The molecule has 2 aliphatic carbocycles. The molecule has 0 saturated heterocycles. The number of aromatic nitrogens is 3. The summed E-state index contributed by atoms with van der Waals surface area (Å²) in [5.41, 5.74) is 10.4. The maximum atomic E-state index is 12.6. The van der Waals surface area contributed by atoms with Crippen LogP contribution < -0.4 is 0 Å². The third-order valence-corrected chi connectivity index (χ3v) is 9.42. The molecular formula is C37H47N3O. The molecule has 5 rings (SSSR count). The van der Waals surface area contributed by atoms with Crippen LogP contribution in [-0.4, -0.2) is 20.7 Å². The minimum Gasteiger partial charge on any atom is -0.300 e. The van der Waals surface area contributed by atoms with Crippen molar-refractivity contribution in [3.63, 3.8) is 0 Å². The fourth-order valence-corrected chi connectivity index (χ4v) is 7.04. The number of benzene rings is 1. The van der Waals surface area contributed by atoms with Gasteiger partial charge in [0.2, 0.25) is 0 Å². The topological polar surface area (TPSA) is 55.7 Å². The highest BCUT2D eigenvalue weighted by molar-refractivity contribution is 5.78. The number of carbonyl (C=O) groups excluding carboxylic acids is 1. The average molecular weight is 550 g/mol. The standard InChI is InChI=1S/C37H47N3O/c1-27-22-23-38-28(2)34(27)20-9-18-33(41)17-8-13-29-10-7-16-32(24-29)31-14-5-11-30(12-6-15-31)25-37-35-19-3-4-21-36(35)39-26-40-37/h3,7,10,16,19,22-24,26,30-31H,4-6,8-9,11-15,17-18,20-21,25H2,1-2H3. The monoisotopic (exact) mass is 549 g/mol. The van der Waals surface area contributed by atoms with Crippen molar-refractivity contribution in [1.82, 2.24) is 15.0 Å². The van der Waals surface area contributed by atoms with Crippen molar-refractivity contribution in [2.75, 3.05) is 0 Å². The molecular weight excluding hydrogens is 502 g/mol. The molecule has 1 aromatic carbocycles. The Bertz CT molecular complexity index is 1310. The van der Waals surface area contributed by atoms with Crippen LogP contribution in [-0.2, 0) is 30.5 Å². The number of ketones is 1. The zero-order chi connectivity index (χ0) is 28.4. The third kappa shape index (κ3) is 8.21. The zero-order valence-electron chi connectivity index (χ0n) is 25.2.